The molecular formula is C26H38N4O5SSi. The minimum Gasteiger partial charge on any atom is -0.543 e. The Morgan fingerprint density at radius 2 is 2.14 bits per heavy atom. The number of carbonyl (C=O) groups excluding carboxylic acids is 1. The van der Waals surface area contributed by atoms with E-state index in [1.165, 1.54) is 11.3 Å². The van der Waals surface area contributed by atoms with Crippen LogP contribution in [0.5, 0.6) is 5.75 Å². The van der Waals surface area contributed by atoms with Crippen LogP contribution in [0, 0.1) is 0 Å². The molecular weight excluding hydrogens is 508 g/mol. The van der Waals surface area contributed by atoms with Gasteiger partial charge in [-0.05, 0) is 62.0 Å². The SMILES string of the molecule is CC(C)(C)[Si](C)(C)Oc1ccc2c(c1)c(-c1csc(COC(=O)NCCCO)n1)nn2C1CCCCO1. The maximum atomic E-state index is 11.9. The van der Waals surface area contributed by atoms with Gasteiger partial charge in [0.1, 0.15) is 28.8 Å². The summed E-state index contributed by atoms with van der Waals surface area (Å²) < 4.78 is 19.9. The second-order valence-corrected chi connectivity index (χ2v) is 16.5. The lowest BCUT2D eigenvalue weighted by Crippen LogP contribution is -2.43. The Hall–Kier alpha value is -2.47. The Balaban J connectivity index is 1.63. The molecule has 1 aromatic carbocycles. The molecule has 4 rings (SSSR count). The number of carbonyl (C=O) groups is 1. The minimum absolute atomic E-state index is 0.0191. The fourth-order valence-corrected chi connectivity index (χ4v) is 5.60. The molecule has 1 saturated heterocycles. The molecule has 2 N–H and O–H groups in total. The van der Waals surface area contributed by atoms with Crippen molar-refractivity contribution < 1.29 is 23.8 Å². The van der Waals surface area contributed by atoms with Crippen molar-refractivity contribution in [3.63, 3.8) is 0 Å². The van der Waals surface area contributed by atoms with Crippen LogP contribution in [-0.2, 0) is 16.1 Å². The highest BCUT2D eigenvalue weighted by atomic mass is 32.1. The Bertz CT molecular complexity index is 1210. The number of aromatic nitrogens is 3. The summed E-state index contributed by atoms with van der Waals surface area (Å²) in [5, 5.41) is 20.1. The van der Waals surface area contributed by atoms with Gasteiger partial charge in [-0.2, -0.15) is 5.10 Å². The minimum atomic E-state index is -2.02. The first-order chi connectivity index (χ1) is 17.6. The third-order valence-electron chi connectivity index (χ3n) is 7.01. The number of benzene rings is 1. The molecule has 37 heavy (non-hydrogen) atoms. The zero-order valence-corrected chi connectivity index (χ0v) is 24.2. The topological polar surface area (TPSA) is 108 Å². The van der Waals surface area contributed by atoms with Crippen LogP contribution in [0.4, 0.5) is 4.79 Å². The highest BCUT2D eigenvalue weighted by Crippen LogP contribution is 2.40. The fraction of sp³-hybridized carbons (Fsp3) is 0.577. The number of ether oxygens (including phenoxy) is 2. The average molecular weight is 547 g/mol. The standard InChI is InChI=1S/C26H38N4O5SSi/c1-26(2,3)37(4,5)35-18-10-11-21-19(15-18)24(29-30(21)23-9-6-7-14-33-23)20-17-36-22(28-20)16-34-25(32)27-12-8-13-31/h10-11,15,17,23,31H,6-9,12-14,16H2,1-5H3,(H,27,32). The van der Waals surface area contributed by atoms with Crippen LogP contribution >= 0.6 is 11.3 Å². The van der Waals surface area contributed by atoms with E-state index in [0.717, 1.165) is 53.9 Å². The number of hydrogen-bond donors (Lipinski definition) is 2. The quantitative estimate of drug-likeness (QED) is 0.256. The third-order valence-corrected chi connectivity index (χ3v) is 12.2. The summed E-state index contributed by atoms with van der Waals surface area (Å²) in [5.74, 6) is 0.836. The number of aliphatic hydroxyl groups is 1. The summed E-state index contributed by atoms with van der Waals surface area (Å²) in [7, 11) is -2.02. The zero-order chi connectivity index (χ0) is 26.6. The lowest BCUT2D eigenvalue weighted by molar-refractivity contribution is -0.0365. The summed E-state index contributed by atoms with van der Waals surface area (Å²) in [6.07, 6.45) is 2.93. The van der Waals surface area contributed by atoms with Gasteiger partial charge in [-0.25, -0.2) is 14.5 Å². The van der Waals surface area contributed by atoms with Crippen molar-refractivity contribution in [3.05, 3.63) is 28.6 Å². The van der Waals surface area contributed by atoms with E-state index in [-0.39, 0.29) is 24.5 Å². The third kappa shape index (κ3) is 6.51. The molecule has 1 aliphatic rings. The van der Waals surface area contributed by atoms with Crippen molar-refractivity contribution in [2.24, 2.45) is 0 Å². The molecule has 202 valence electrons. The number of fused-ring (bicyclic) bond motifs is 1. The second kappa shape index (κ2) is 11.5. The summed E-state index contributed by atoms with van der Waals surface area (Å²) in [6, 6.07) is 6.17. The molecule has 1 atom stereocenters. The van der Waals surface area contributed by atoms with Crippen molar-refractivity contribution in [2.45, 2.75) is 77.4 Å². The molecule has 0 saturated carbocycles. The molecule has 3 aromatic rings. The summed E-state index contributed by atoms with van der Waals surface area (Å²) in [5.41, 5.74) is 2.48. The maximum Gasteiger partial charge on any atom is 0.407 e. The van der Waals surface area contributed by atoms with E-state index in [1.54, 1.807) is 0 Å². The number of aliphatic hydroxyl groups excluding tert-OH is 1. The van der Waals surface area contributed by atoms with Crippen molar-refractivity contribution in [1.29, 1.82) is 0 Å². The van der Waals surface area contributed by atoms with Crippen LogP contribution in [-0.4, -0.2) is 54.0 Å². The van der Waals surface area contributed by atoms with Crippen LogP contribution in [0.25, 0.3) is 22.3 Å². The van der Waals surface area contributed by atoms with Gasteiger partial charge in [-0.3, -0.25) is 0 Å². The first-order valence-corrected chi connectivity index (χ1v) is 16.7. The zero-order valence-electron chi connectivity index (χ0n) is 22.4. The van der Waals surface area contributed by atoms with E-state index in [1.807, 2.05) is 16.1 Å². The number of hydrogen-bond acceptors (Lipinski definition) is 8. The van der Waals surface area contributed by atoms with Crippen molar-refractivity contribution in [1.82, 2.24) is 20.1 Å². The van der Waals surface area contributed by atoms with Crippen LogP contribution in [0.15, 0.2) is 23.6 Å². The number of thiazole rings is 1. The molecule has 0 aliphatic carbocycles. The number of alkyl carbamates (subject to hydrolysis) is 1. The van der Waals surface area contributed by atoms with Gasteiger partial charge >= 0.3 is 6.09 Å². The number of amides is 1. The van der Waals surface area contributed by atoms with Gasteiger partial charge in [-0.15, -0.1) is 11.3 Å². The maximum absolute atomic E-state index is 11.9. The van der Waals surface area contributed by atoms with E-state index < -0.39 is 14.4 Å². The Kier molecular flexibility index (Phi) is 8.57. The van der Waals surface area contributed by atoms with Gasteiger partial charge in [0.2, 0.25) is 8.32 Å². The molecule has 1 amide bonds. The Morgan fingerprint density at radius 3 is 2.84 bits per heavy atom. The first kappa shape index (κ1) is 27.6. The van der Waals surface area contributed by atoms with Crippen molar-refractivity contribution in [2.75, 3.05) is 19.8 Å². The second-order valence-electron chi connectivity index (χ2n) is 10.9. The van der Waals surface area contributed by atoms with Crippen LogP contribution in [0.3, 0.4) is 0 Å². The molecule has 1 fully saturated rings. The van der Waals surface area contributed by atoms with Gasteiger partial charge in [0, 0.05) is 30.5 Å². The largest absolute Gasteiger partial charge is 0.543 e. The van der Waals surface area contributed by atoms with Crippen LogP contribution < -0.4 is 9.74 Å². The Morgan fingerprint density at radius 1 is 1.32 bits per heavy atom. The van der Waals surface area contributed by atoms with Gasteiger partial charge in [0.25, 0.3) is 0 Å². The van der Waals surface area contributed by atoms with Gasteiger partial charge in [0.15, 0.2) is 6.23 Å². The average Bonchev–Trinajstić information content (AvgIpc) is 3.47. The van der Waals surface area contributed by atoms with Crippen molar-refractivity contribution >= 4 is 36.7 Å². The molecule has 11 heteroatoms. The number of nitrogens with one attached hydrogen (secondary N) is 1. The predicted octanol–water partition coefficient (Wildman–Crippen LogP) is 5.85. The summed E-state index contributed by atoms with van der Waals surface area (Å²) in [4.78, 5) is 16.6. The smallest absolute Gasteiger partial charge is 0.407 e. The molecule has 0 radical (unpaired) electrons. The van der Waals surface area contributed by atoms with E-state index in [0.29, 0.717) is 18.0 Å². The molecule has 9 nitrogen and oxygen atoms in total. The number of nitrogens with zero attached hydrogens (tertiary/aromatic N) is 3. The van der Waals surface area contributed by atoms with Crippen LogP contribution in [0.1, 0.15) is 57.7 Å². The molecule has 3 heterocycles. The molecule has 0 bridgehead atoms. The molecule has 1 unspecified atom stereocenters. The van der Waals surface area contributed by atoms with Gasteiger partial charge in [-0.1, -0.05) is 20.8 Å². The highest BCUT2D eigenvalue weighted by Gasteiger charge is 2.39. The van der Waals surface area contributed by atoms with Gasteiger partial charge in [0.05, 0.1) is 5.52 Å². The fourth-order valence-electron chi connectivity index (χ4n) is 3.89. The molecule has 0 spiro atoms. The summed E-state index contributed by atoms with van der Waals surface area (Å²) >= 11 is 1.42. The molecule has 2 aromatic heterocycles. The van der Waals surface area contributed by atoms with Crippen LogP contribution in [0.2, 0.25) is 18.1 Å². The lowest BCUT2D eigenvalue weighted by Gasteiger charge is -2.36. The van der Waals surface area contributed by atoms with E-state index in [4.69, 9.17) is 29.1 Å². The van der Waals surface area contributed by atoms with Crippen molar-refractivity contribution in [3.8, 4) is 17.1 Å². The summed E-state index contributed by atoms with van der Waals surface area (Å²) in [6.45, 7) is 12.4. The first-order valence-electron chi connectivity index (χ1n) is 12.9. The number of rotatable bonds is 9. The lowest BCUT2D eigenvalue weighted by atomic mass is 10.1. The monoisotopic (exact) mass is 546 g/mol. The predicted molar refractivity (Wildman–Crippen MR) is 147 cm³/mol. The van der Waals surface area contributed by atoms with E-state index >= 15 is 0 Å². The van der Waals surface area contributed by atoms with Gasteiger partial charge < -0.3 is 24.3 Å². The normalized spacial score (nSPS) is 16.6. The van der Waals surface area contributed by atoms with E-state index in [9.17, 15) is 4.79 Å². The highest BCUT2D eigenvalue weighted by molar-refractivity contribution is 7.09. The molecule has 1 aliphatic heterocycles. The Labute approximate surface area is 223 Å². The van der Waals surface area contributed by atoms with E-state index in [2.05, 4.69) is 51.3 Å².